The van der Waals surface area contributed by atoms with Crippen molar-refractivity contribution in [2.45, 2.75) is 24.9 Å². The van der Waals surface area contributed by atoms with Gasteiger partial charge in [0.1, 0.15) is 12.4 Å². The molecule has 0 unspecified atom stereocenters. The molecule has 2 heterocycles. The van der Waals surface area contributed by atoms with Gasteiger partial charge in [-0.1, -0.05) is 36.4 Å². The summed E-state index contributed by atoms with van der Waals surface area (Å²) in [5.41, 5.74) is 6.93. The number of piperidine rings is 1. The summed E-state index contributed by atoms with van der Waals surface area (Å²) in [7, 11) is 0. The Morgan fingerprint density at radius 2 is 2.03 bits per heavy atom. The first kappa shape index (κ1) is 21.3. The van der Waals surface area contributed by atoms with Gasteiger partial charge in [0.15, 0.2) is 0 Å². The summed E-state index contributed by atoms with van der Waals surface area (Å²) in [6.45, 7) is 4.25. The molecule has 2 saturated heterocycles. The van der Waals surface area contributed by atoms with Crippen LogP contribution < -0.4 is 21.1 Å². The van der Waals surface area contributed by atoms with Crippen LogP contribution in [0.25, 0.3) is 0 Å². The van der Waals surface area contributed by atoms with Crippen molar-refractivity contribution in [1.29, 1.82) is 0 Å². The maximum atomic E-state index is 13.3. The lowest BCUT2D eigenvalue weighted by Crippen LogP contribution is -2.61. The van der Waals surface area contributed by atoms with E-state index in [1.807, 2.05) is 41.3 Å². The van der Waals surface area contributed by atoms with Gasteiger partial charge in [-0.3, -0.25) is 9.59 Å². The van der Waals surface area contributed by atoms with Gasteiger partial charge in [0.05, 0.1) is 5.54 Å². The van der Waals surface area contributed by atoms with Crippen molar-refractivity contribution >= 4 is 11.8 Å². The van der Waals surface area contributed by atoms with Gasteiger partial charge >= 0.3 is 0 Å². The SMILES string of the molecule is CC(=O)N[C@@]12CCN(C(=O)c3cccc(OCCN)c3)C[C@@H]1[C@@H](c1ccccc1)NC2. The van der Waals surface area contributed by atoms with Gasteiger partial charge in [-0.2, -0.15) is 0 Å². The molecule has 0 radical (unpaired) electrons. The molecule has 4 rings (SSSR count). The summed E-state index contributed by atoms with van der Waals surface area (Å²) < 4.78 is 5.58. The lowest BCUT2D eigenvalue weighted by molar-refractivity contribution is -0.121. The number of ether oxygens (including phenoxy) is 1. The number of fused-ring (bicyclic) bond motifs is 1. The standard InChI is InChI=1S/C24H30N4O3/c1-17(29)27-24-10-12-28(23(30)19-8-5-9-20(14-19)31-13-11-25)15-21(24)22(26-16-24)18-6-3-2-4-7-18/h2-9,14,21-22,26H,10-13,15-16,25H2,1H3,(H,27,29)/t21-,22-,24-/m1/s1. The Morgan fingerprint density at radius 3 is 2.77 bits per heavy atom. The molecule has 0 spiro atoms. The molecule has 2 aromatic rings. The number of nitrogens with two attached hydrogens (primary N) is 1. The summed E-state index contributed by atoms with van der Waals surface area (Å²) in [4.78, 5) is 27.2. The van der Waals surface area contributed by atoms with Gasteiger partial charge in [-0.05, 0) is 30.2 Å². The Bertz CT molecular complexity index is 935. The first-order valence-electron chi connectivity index (χ1n) is 10.8. The number of hydrogen-bond donors (Lipinski definition) is 3. The highest BCUT2D eigenvalue weighted by Gasteiger charge is 2.52. The molecule has 164 valence electrons. The van der Waals surface area contributed by atoms with Gasteiger partial charge in [-0.15, -0.1) is 0 Å². The average Bonchev–Trinajstić information content (AvgIpc) is 3.15. The van der Waals surface area contributed by atoms with Crippen LogP contribution in [-0.4, -0.2) is 55.0 Å². The number of carbonyl (C=O) groups excluding carboxylic acids is 2. The number of likely N-dealkylation sites (tertiary alicyclic amines) is 1. The number of rotatable bonds is 6. The van der Waals surface area contributed by atoms with Crippen LogP contribution in [-0.2, 0) is 4.79 Å². The number of benzene rings is 2. The van der Waals surface area contributed by atoms with Gasteiger partial charge in [0.2, 0.25) is 5.91 Å². The normalized spacial score (nSPS) is 25.0. The third-order valence-electron chi connectivity index (χ3n) is 6.33. The molecular formula is C24H30N4O3. The average molecular weight is 423 g/mol. The Balaban J connectivity index is 1.57. The highest BCUT2D eigenvalue weighted by atomic mass is 16.5. The van der Waals surface area contributed by atoms with E-state index >= 15 is 0 Å². The van der Waals surface area contributed by atoms with Crippen LogP contribution >= 0.6 is 0 Å². The maximum Gasteiger partial charge on any atom is 0.254 e. The van der Waals surface area contributed by atoms with Crippen molar-refractivity contribution in [3.63, 3.8) is 0 Å². The second-order valence-electron chi connectivity index (χ2n) is 8.38. The summed E-state index contributed by atoms with van der Waals surface area (Å²) in [5.74, 6) is 0.664. The number of nitrogens with one attached hydrogen (secondary N) is 2. The second kappa shape index (κ2) is 9.08. The van der Waals surface area contributed by atoms with E-state index in [0.717, 1.165) is 0 Å². The van der Waals surface area contributed by atoms with Gasteiger partial charge in [0.25, 0.3) is 5.91 Å². The monoisotopic (exact) mass is 422 g/mol. The Labute approximate surface area is 182 Å². The minimum atomic E-state index is -0.352. The first-order chi connectivity index (χ1) is 15.0. The minimum Gasteiger partial charge on any atom is -0.492 e. The van der Waals surface area contributed by atoms with Crippen molar-refractivity contribution in [2.75, 3.05) is 32.8 Å². The van der Waals surface area contributed by atoms with Crippen LogP contribution in [0.1, 0.15) is 35.3 Å². The number of amides is 2. The molecule has 0 saturated carbocycles. The second-order valence-corrected chi connectivity index (χ2v) is 8.38. The number of hydrogen-bond acceptors (Lipinski definition) is 5. The molecule has 0 bridgehead atoms. The summed E-state index contributed by atoms with van der Waals surface area (Å²) >= 11 is 0. The quantitative estimate of drug-likeness (QED) is 0.659. The summed E-state index contributed by atoms with van der Waals surface area (Å²) in [5, 5.41) is 6.83. The van der Waals surface area contributed by atoms with E-state index in [4.69, 9.17) is 10.5 Å². The highest BCUT2D eigenvalue weighted by Crippen LogP contribution is 2.42. The zero-order valence-corrected chi connectivity index (χ0v) is 17.8. The third-order valence-corrected chi connectivity index (χ3v) is 6.33. The third kappa shape index (κ3) is 4.43. The molecule has 31 heavy (non-hydrogen) atoms. The van der Waals surface area contributed by atoms with Crippen LogP contribution in [0.5, 0.6) is 5.75 Å². The van der Waals surface area contributed by atoms with Crippen molar-refractivity contribution in [1.82, 2.24) is 15.5 Å². The van der Waals surface area contributed by atoms with Crippen LogP contribution in [0, 0.1) is 5.92 Å². The molecule has 3 atom stereocenters. The molecule has 7 nitrogen and oxygen atoms in total. The van der Waals surface area contributed by atoms with Crippen LogP contribution in [0.2, 0.25) is 0 Å². The Morgan fingerprint density at radius 1 is 1.23 bits per heavy atom. The predicted molar refractivity (Wildman–Crippen MR) is 119 cm³/mol. The summed E-state index contributed by atoms with van der Waals surface area (Å²) in [6, 6.07) is 17.6. The van der Waals surface area contributed by atoms with E-state index in [1.54, 1.807) is 13.0 Å². The Hall–Kier alpha value is -2.90. The lowest BCUT2D eigenvalue weighted by Gasteiger charge is -2.45. The molecule has 7 heteroatoms. The molecule has 0 aromatic heterocycles. The molecular weight excluding hydrogens is 392 g/mol. The molecule has 2 aliphatic heterocycles. The molecule has 2 aliphatic rings. The van der Waals surface area contributed by atoms with E-state index in [9.17, 15) is 9.59 Å². The largest absolute Gasteiger partial charge is 0.492 e. The van der Waals surface area contributed by atoms with E-state index < -0.39 is 0 Å². The van der Waals surface area contributed by atoms with Crippen molar-refractivity contribution in [2.24, 2.45) is 11.7 Å². The Kier molecular flexibility index (Phi) is 6.25. The van der Waals surface area contributed by atoms with Gasteiger partial charge < -0.3 is 26.0 Å². The zero-order valence-electron chi connectivity index (χ0n) is 17.8. The fourth-order valence-electron chi connectivity index (χ4n) is 4.92. The number of nitrogens with zero attached hydrogens (tertiary/aromatic N) is 1. The predicted octanol–water partition coefficient (Wildman–Crippen LogP) is 1.71. The topological polar surface area (TPSA) is 96.7 Å². The van der Waals surface area contributed by atoms with E-state index in [-0.39, 0.29) is 29.3 Å². The molecule has 2 aromatic carbocycles. The lowest BCUT2D eigenvalue weighted by atomic mass is 9.75. The zero-order chi connectivity index (χ0) is 21.8. The number of carbonyl (C=O) groups is 2. The molecule has 4 N–H and O–H groups in total. The minimum absolute atomic E-state index is 0.0201. The smallest absolute Gasteiger partial charge is 0.254 e. The van der Waals surface area contributed by atoms with Crippen molar-refractivity contribution < 1.29 is 14.3 Å². The molecule has 2 amide bonds. The fraction of sp³-hybridized carbons (Fsp3) is 0.417. The fourth-order valence-corrected chi connectivity index (χ4v) is 4.92. The molecule has 0 aliphatic carbocycles. The van der Waals surface area contributed by atoms with E-state index in [2.05, 4.69) is 22.8 Å². The van der Waals surface area contributed by atoms with E-state index in [0.29, 0.717) is 50.5 Å². The summed E-state index contributed by atoms with van der Waals surface area (Å²) in [6.07, 6.45) is 0.711. The van der Waals surface area contributed by atoms with Crippen molar-refractivity contribution in [3.05, 3.63) is 65.7 Å². The van der Waals surface area contributed by atoms with E-state index in [1.165, 1.54) is 5.56 Å². The first-order valence-corrected chi connectivity index (χ1v) is 10.8. The maximum absolute atomic E-state index is 13.3. The van der Waals surface area contributed by atoms with Crippen LogP contribution in [0.4, 0.5) is 0 Å². The van der Waals surface area contributed by atoms with Crippen molar-refractivity contribution in [3.8, 4) is 5.75 Å². The van der Waals surface area contributed by atoms with Crippen LogP contribution in [0.15, 0.2) is 54.6 Å². The van der Waals surface area contributed by atoms with Gasteiger partial charge in [-0.25, -0.2) is 0 Å². The van der Waals surface area contributed by atoms with Gasteiger partial charge in [0, 0.05) is 50.6 Å². The highest BCUT2D eigenvalue weighted by molar-refractivity contribution is 5.94. The van der Waals surface area contributed by atoms with Crippen LogP contribution in [0.3, 0.4) is 0 Å². The molecule has 2 fully saturated rings.